The number of rotatable bonds is 7. The summed E-state index contributed by atoms with van der Waals surface area (Å²) in [7, 11) is 0. The van der Waals surface area contributed by atoms with Crippen molar-refractivity contribution in [2.45, 2.75) is 0 Å². The molecule has 10 rings (SSSR count). The molecular weight excluding hydrogens is 663 g/mol. The van der Waals surface area contributed by atoms with E-state index in [1.165, 1.54) is 71.3 Å². The van der Waals surface area contributed by atoms with E-state index in [2.05, 4.69) is 229 Å². The largest absolute Gasteiger partial charge is 0.310 e. The fourth-order valence-electron chi connectivity index (χ4n) is 8.27. The van der Waals surface area contributed by atoms with Crippen molar-refractivity contribution in [2.24, 2.45) is 0 Å². The SMILES string of the molecule is c1ccc(-c2ccc3cc(N(c4ccccc4)c4ccc(-c5cccc6c5ccc5ccccc56)c(-c5ccccc5)c4-c4ccccc4)ccc3c2)cc1. The van der Waals surface area contributed by atoms with Crippen LogP contribution in [0.3, 0.4) is 0 Å². The van der Waals surface area contributed by atoms with Crippen LogP contribution in [0.25, 0.3) is 76.8 Å². The van der Waals surface area contributed by atoms with E-state index in [0.717, 1.165) is 22.6 Å². The molecule has 0 amide bonds. The molecule has 0 N–H and O–H groups in total. The molecule has 0 saturated carbocycles. The minimum absolute atomic E-state index is 1.10. The Labute approximate surface area is 322 Å². The molecule has 258 valence electrons. The standard InChI is InChI=1S/C54H37N/c1-5-16-38(17-6-1)42-28-29-44-37-46(32-30-43(44)36-42)55(45-23-11-4-12-24-45)52-35-34-51(49-27-15-26-48-47-25-14-13-18-39(47)31-33-50(48)49)53(40-19-7-2-8-20-40)54(52)41-21-9-3-10-22-41/h1-37H. The third-order valence-corrected chi connectivity index (χ3v) is 10.8. The maximum Gasteiger partial charge on any atom is 0.0546 e. The van der Waals surface area contributed by atoms with Gasteiger partial charge in [0.2, 0.25) is 0 Å². The Hall–Kier alpha value is -7.22. The van der Waals surface area contributed by atoms with Gasteiger partial charge in [0.1, 0.15) is 0 Å². The number of fused-ring (bicyclic) bond motifs is 4. The minimum atomic E-state index is 1.10. The van der Waals surface area contributed by atoms with Crippen molar-refractivity contribution in [3.63, 3.8) is 0 Å². The van der Waals surface area contributed by atoms with Crippen molar-refractivity contribution in [2.75, 3.05) is 4.90 Å². The van der Waals surface area contributed by atoms with Gasteiger partial charge in [-0.1, -0.05) is 188 Å². The molecule has 0 bridgehead atoms. The highest BCUT2D eigenvalue weighted by Crippen LogP contribution is 2.50. The highest BCUT2D eigenvalue weighted by molar-refractivity contribution is 6.14. The zero-order valence-corrected chi connectivity index (χ0v) is 30.3. The number of hydrogen-bond acceptors (Lipinski definition) is 1. The Balaban J connectivity index is 1.25. The number of para-hydroxylation sites is 1. The van der Waals surface area contributed by atoms with E-state index in [9.17, 15) is 0 Å². The van der Waals surface area contributed by atoms with Crippen LogP contribution in [0.15, 0.2) is 224 Å². The predicted molar refractivity (Wildman–Crippen MR) is 235 cm³/mol. The second kappa shape index (κ2) is 14.0. The van der Waals surface area contributed by atoms with Crippen molar-refractivity contribution < 1.29 is 0 Å². The normalized spacial score (nSPS) is 11.3. The Bertz CT molecular complexity index is 2950. The molecule has 0 aliphatic carbocycles. The monoisotopic (exact) mass is 699 g/mol. The molecule has 0 spiro atoms. The molecule has 0 atom stereocenters. The zero-order chi connectivity index (χ0) is 36.6. The summed E-state index contributed by atoms with van der Waals surface area (Å²) >= 11 is 0. The van der Waals surface area contributed by atoms with Gasteiger partial charge in [0, 0.05) is 16.9 Å². The number of benzene rings is 10. The molecule has 0 radical (unpaired) electrons. The van der Waals surface area contributed by atoms with Crippen LogP contribution >= 0.6 is 0 Å². The van der Waals surface area contributed by atoms with Crippen LogP contribution < -0.4 is 4.90 Å². The lowest BCUT2D eigenvalue weighted by Gasteiger charge is -2.30. The maximum absolute atomic E-state index is 2.43. The van der Waals surface area contributed by atoms with Gasteiger partial charge in [-0.3, -0.25) is 0 Å². The molecule has 0 saturated heterocycles. The third kappa shape index (κ3) is 5.93. The van der Waals surface area contributed by atoms with E-state index in [0.29, 0.717) is 0 Å². The van der Waals surface area contributed by atoms with Gasteiger partial charge in [0.25, 0.3) is 0 Å². The first kappa shape index (κ1) is 32.4. The molecule has 0 unspecified atom stereocenters. The summed E-state index contributed by atoms with van der Waals surface area (Å²) in [5.74, 6) is 0. The molecule has 0 fully saturated rings. The van der Waals surface area contributed by atoms with Gasteiger partial charge in [-0.25, -0.2) is 0 Å². The average molecular weight is 700 g/mol. The lowest BCUT2D eigenvalue weighted by Crippen LogP contribution is -2.12. The summed E-state index contributed by atoms with van der Waals surface area (Å²) in [5, 5.41) is 7.44. The molecule has 55 heavy (non-hydrogen) atoms. The topological polar surface area (TPSA) is 3.24 Å². The lowest BCUT2D eigenvalue weighted by atomic mass is 9.84. The Morgan fingerprint density at radius 3 is 1.58 bits per heavy atom. The average Bonchev–Trinajstić information content (AvgIpc) is 3.27. The van der Waals surface area contributed by atoms with Crippen LogP contribution in [0.5, 0.6) is 0 Å². The quantitative estimate of drug-likeness (QED) is 0.150. The lowest BCUT2D eigenvalue weighted by molar-refractivity contribution is 1.29. The number of hydrogen-bond donors (Lipinski definition) is 0. The molecule has 10 aromatic rings. The van der Waals surface area contributed by atoms with Crippen molar-refractivity contribution in [3.8, 4) is 44.5 Å². The molecule has 0 aliphatic heterocycles. The summed E-state index contributed by atoms with van der Waals surface area (Å²) in [5.41, 5.74) is 12.9. The van der Waals surface area contributed by atoms with Crippen molar-refractivity contribution in [3.05, 3.63) is 224 Å². The highest BCUT2D eigenvalue weighted by atomic mass is 15.1. The summed E-state index contributed by atoms with van der Waals surface area (Å²) in [6.45, 7) is 0. The summed E-state index contributed by atoms with van der Waals surface area (Å²) < 4.78 is 0. The van der Waals surface area contributed by atoms with Crippen LogP contribution in [0.1, 0.15) is 0 Å². The molecule has 1 heteroatoms. The van der Waals surface area contributed by atoms with Gasteiger partial charge in [0.15, 0.2) is 0 Å². The summed E-state index contributed by atoms with van der Waals surface area (Å²) in [6.07, 6.45) is 0. The summed E-state index contributed by atoms with van der Waals surface area (Å²) in [4.78, 5) is 2.43. The molecule has 0 heterocycles. The zero-order valence-electron chi connectivity index (χ0n) is 30.3. The molecule has 0 aliphatic rings. The van der Waals surface area contributed by atoms with E-state index < -0.39 is 0 Å². The van der Waals surface area contributed by atoms with Gasteiger partial charge >= 0.3 is 0 Å². The molecule has 10 aromatic carbocycles. The fraction of sp³-hybridized carbons (Fsp3) is 0. The van der Waals surface area contributed by atoms with E-state index in [1.807, 2.05) is 0 Å². The van der Waals surface area contributed by atoms with Crippen LogP contribution in [0.2, 0.25) is 0 Å². The van der Waals surface area contributed by atoms with E-state index in [4.69, 9.17) is 0 Å². The van der Waals surface area contributed by atoms with Crippen molar-refractivity contribution in [1.82, 2.24) is 0 Å². The van der Waals surface area contributed by atoms with E-state index in [-0.39, 0.29) is 0 Å². The first-order chi connectivity index (χ1) is 27.3. The van der Waals surface area contributed by atoms with E-state index in [1.54, 1.807) is 0 Å². The predicted octanol–water partition coefficient (Wildman–Crippen LogP) is 15.3. The van der Waals surface area contributed by atoms with Crippen LogP contribution in [0, 0.1) is 0 Å². The third-order valence-electron chi connectivity index (χ3n) is 10.8. The first-order valence-electron chi connectivity index (χ1n) is 18.9. The first-order valence-corrected chi connectivity index (χ1v) is 18.9. The van der Waals surface area contributed by atoms with Crippen LogP contribution in [-0.4, -0.2) is 0 Å². The smallest absolute Gasteiger partial charge is 0.0546 e. The fourth-order valence-corrected chi connectivity index (χ4v) is 8.27. The van der Waals surface area contributed by atoms with Crippen molar-refractivity contribution in [1.29, 1.82) is 0 Å². The number of anilines is 3. The van der Waals surface area contributed by atoms with Gasteiger partial charge in [-0.15, -0.1) is 0 Å². The second-order valence-electron chi connectivity index (χ2n) is 14.1. The van der Waals surface area contributed by atoms with Crippen LogP contribution in [-0.2, 0) is 0 Å². The highest BCUT2D eigenvalue weighted by Gasteiger charge is 2.24. The molecular formula is C54H37N. The maximum atomic E-state index is 2.43. The van der Waals surface area contributed by atoms with Gasteiger partial charge < -0.3 is 4.90 Å². The Morgan fingerprint density at radius 2 is 0.836 bits per heavy atom. The Kier molecular flexibility index (Phi) is 8.24. The number of nitrogens with zero attached hydrogens (tertiary/aromatic N) is 1. The minimum Gasteiger partial charge on any atom is -0.310 e. The molecule has 0 aromatic heterocycles. The second-order valence-corrected chi connectivity index (χ2v) is 14.1. The van der Waals surface area contributed by atoms with Crippen molar-refractivity contribution >= 4 is 49.4 Å². The van der Waals surface area contributed by atoms with E-state index >= 15 is 0 Å². The van der Waals surface area contributed by atoms with Gasteiger partial charge in [-0.2, -0.15) is 0 Å². The summed E-state index contributed by atoms with van der Waals surface area (Å²) in [6, 6.07) is 81.5. The van der Waals surface area contributed by atoms with Crippen LogP contribution in [0.4, 0.5) is 17.1 Å². The van der Waals surface area contributed by atoms with Gasteiger partial charge in [0.05, 0.1) is 5.69 Å². The Morgan fingerprint density at radius 1 is 0.255 bits per heavy atom. The molecule has 1 nitrogen and oxygen atoms in total. The van der Waals surface area contributed by atoms with Gasteiger partial charge in [-0.05, 0) is 108 Å².